The van der Waals surface area contributed by atoms with Crippen molar-refractivity contribution >= 4 is 23.2 Å². The second-order valence-electron chi connectivity index (χ2n) is 18.4. The molecule has 0 radical (unpaired) electrons. The number of rotatable bonds is 18. The first-order valence-electron chi connectivity index (χ1n) is 22.9. The summed E-state index contributed by atoms with van der Waals surface area (Å²) in [5.41, 5.74) is 0.0820. The summed E-state index contributed by atoms with van der Waals surface area (Å²) in [6.45, 7) is -2.37. The fraction of sp³-hybridized carbons (Fsp3) is 0.900. The van der Waals surface area contributed by atoms with E-state index in [9.17, 15) is 86.8 Å². The minimum atomic E-state index is -2.20. The molecule has 5 fully saturated rings. The summed E-state index contributed by atoms with van der Waals surface area (Å²) in [6.07, 6.45) is -37.5. The fourth-order valence-electron chi connectivity index (χ4n) is 9.36. The maximum absolute atomic E-state index is 11.2. The average molecular weight is 1090 g/mol. The van der Waals surface area contributed by atoms with Crippen LogP contribution in [0.25, 0.3) is 0 Å². The molecule has 5 aliphatic heterocycles. The third-order valence-electron chi connectivity index (χ3n) is 13.6. The topological polar surface area (TPSA) is 470 Å². The first-order chi connectivity index (χ1) is 34.1. The number of ether oxygens (including phenoxy) is 9. The van der Waals surface area contributed by atoms with Crippen LogP contribution in [0.4, 0.5) is 0 Å². The Kier molecular flexibility index (Phi) is 19.7. The zero-order valence-electron chi connectivity index (χ0n) is 38.1. The van der Waals surface area contributed by atoms with Gasteiger partial charge in [0.1, 0.15) is 122 Å². The molecule has 6 heterocycles. The van der Waals surface area contributed by atoms with Crippen LogP contribution in [-0.2, 0) is 55.8 Å². The highest BCUT2D eigenvalue weighted by Gasteiger charge is 2.59. The van der Waals surface area contributed by atoms with Gasteiger partial charge in [0.15, 0.2) is 25.2 Å². The lowest BCUT2D eigenvalue weighted by atomic mass is 9.86. The monoisotopic (exact) mass is 1090 g/mol. The van der Waals surface area contributed by atoms with Crippen molar-refractivity contribution in [3.05, 3.63) is 23.5 Å². The van der Waals surface area contributed by atoms with E-state index in [0.29, 0.717) is 0 Å². The van der Waals surface area contributed by atoms with Crippen molar-refractivity contribution in [2.24, 2.45) is 0 Å². The van der Waals surface area contributed by atoms with Crippen LogP contribution in [0, 0.1) is 0 Å². The van der Waals surface area contributed by atoms with E-state index < -0.39 is 209 Å². The second-order valence-corrected chi connectivity index (χ2v) is 19.2. The molecule has 0 amide bonds. The number of aromatic nitrogens is 3. The molecule has 0 aromatic carbocycles. The minimum absolute atomic E-state index is 0.00870. The number of aliphatic hydroxyl groups excluding tert-OH is 17. The first-order valence-corrected chi connectivity index (χ1v) is 23.8. The van der Waals surface area contributed by atoms with E-state index >= 15 is 0 Å². The normalized spacial score (nSPS) is 49.2. The molecule has 1 aromatic rings. The summed E-state index contributed by atoms with van der Waals surface area (Å²) in [5, 5.41) is 190. The molecule has 0 spiro atoms. The molecule has 0 saturated carbocycles. The highest BCUT2D eigenvalue weighted by atomic mass is 35.5. The zero-order chi connectivity index (χ0) is 52.7. The Morgan fingerprint density at radius 1 is 0.653 bits per heavy atom. The number of hydrogen-bond acceptors (Lipinski definition) is 29. The summed E-state index contributed by atoms with van der Waals surface area (Å²) >= 11 is 12.2. The van der Waals surface area contributed by atoms with Gasteiger partial charge < -0.3 is 135 Å². The molecule has 1 aliphatic carbocycles. The van der Waals surface area contributed by atoms with Crippen molar-refractivity contribution in [1.82, 2.24) is 20.3 Å². The Hall–Kier alpha value is -1.62. The number of aliphatic hydroxyl groups is 17. The summed E-state index contributed by atoms with van der Waals surface area (Å²) in [5.74, 6) is -2.81. The maximum Gasteiger partial charge on any atom is 0.214 e. The van der Waals surface area contributed by atoms with Crippen molar-refractivity contribution in [3.63, 3.8) is 0 Å². The average Bonchev–Trinajstić information content (AvgIpc) is 3.92. The van der Waals surface area contributed by atoms with Crippen LogP contribution in [0.3, 0.4) is 0 Å². The van der Waals surface area contributed by atoms with E-state index in [1.54, 1.807) is 0 Å². The van der Waals surface area contributed by atoms with Crippen molar-refractivity contribution in [2.75, 3.05) is 32.3 Å². The summed E-state index contributed by atoms with van der Waals surface area (Å²) in [4.78, 5) is 0. The van der Waals surface area contributed by atoms with Gasteiger partial charge in [0.05, 0.1) is 75.2 Å². The predicted octanol–water partition coefficient (Wildman–Crippen LogP) is -10.6. The van der Waals surface area contributed by atoms with Crippen LogP contribution in [0.5, 0.6) is 0 Å². The first kappa shape index (κ1) is 58.1. The van der Waals surface area contributed by atoms with Gasteiger partial charge in [-0.3, -0.25) is 0 Å². The van der Waals surface area contributed by atoms with E-state index in [1.807, 2.05) is 0 Å². The number of halogens is 2. The van der Waals surface area contributed by atoms with Crippen molar-refractivity contribution in [2.45, 2.75) is 191 Å². The standard InChI is InChI=1S/C40H64Cl2N4O26/c1-11-20(43-14-2-12(5-47)21(51)26(56)22(14)52)25(55)30(60)37(65-11)69-34-18(8-50)68-38(32(62)28(34)58)70-33-17(7-49)67-36(31(61)27(33)57)64-9-13-3-46(45-44-13)4-15-23(53)35(63)40(10-41,71-15)72-39-29(59)24(54)19(42)16(6-48)66-39/h2-3,11,14-39,43,47-63H,4-10H2,1H3/t11?,14-,15+,16+,17?,18?,19-,20+,21+,22-,23+,24-,25?,26-,27?,28?,29+,30?,31?,32?,33+,34+,35-,36+,37+,38+,39+,40-/m0/s1. The van der Waals surface area contributed by atoms with E-state index in [2.05, 4.69) is 15.6 Å². The second kappa shape index (κ2) is 24.4. The Labute approximate surface area is 418 Å². The van der Waals surface area contributed by atoms with Gasteiger partial charge in [0, 0.05) is 0 Å². The van der Waals surface area contributed by atoms with Crippen LogP contribution < -0.4 is 5.32 Å². The smallest absolute Gasteiger partial charge is 0.214 e. The molecule has 5 saturated heterocycles. The Morgan fingerprint density at radius 3 is 1.81 bits per heavy atom. The molecule has 9 unspecified atom stereocenters. The molecule has 72 heavy (non-hydrogen) atoms. The predicted molar refractivity (Wildman–Crippen MR) is 229 cm³/mol. The molecule has 30 nitrogen and oxygen atoms in total. The van der Waals surface area contributed by atoms with Crippen LogP contribution in [0.15, 0.2) is 17.8 Å². The van der Waals surface area contributed by atoms with Gasteiger partial charge >= 0.3 is 0 Å². The molecule has 414 valence electrons. The summed E-state index contributed by atoms with van der Waals surface area (Å²) in [6, 6.07) is -2.28. The third kappa shape index (κ3) is 11.6. The fourth-order valence-corrected chi connectivity index (χ4v) is 9.93. The van der Waals surface area contributed by atoms with Gasteiger partial charge in [-0.15, -0.1) is 28.3 Å². The molecular formula is C40H64Cl2N4O26. The zero-order valence-corrected chi connectivity index (χ0v) is 39.6. The van der Waals surface area contributed by atoms with Crippen LogP contribution >= 0.6 is 23.2 Å². The number of nitrogens with one attached hydrogen (secondary N) is 1. The molecule has 18 N–H and O–H groups in total. The lowest BCUT2D eigenvalue weighted by Gasteiger charge is -2.48. The quantitative estimate of drug-likeness (QED) is 0.0479. The Balaban J connectivity index is 0.913. The summed E-state index contributed by atoms with van der Waals surface area (Å²) in [7, 11) is 0. The van der Waals surface area contributed by atoms with Crippen molar-refractivity contribution < 1.29 is 129 Å². The number of alkyl halides is 2. The number of hydrogen-bond donors (Lipinski definition) is 18. The largest absolute Gasteiger partial charge is 0.394 e. The van der Waals surface area contributed by atoms with Gasteiger partial charge in [0.25, 0.3) is 0 Å². The molecular weight excluding hydrogens is 1020 g/mol. The van der Waals surface area contributed by atoms with Gasteiger partial charge in [-0.25, -0.2) is 4.68 Å². The lowest BCUT2D eigenvalue weighted by molar-refractivity contribution is -0.376. The van der Waals surface area contributed by atoms with Gasteiger partial charge in [0.2, 0.25) is 5.79 Å². The maximum atomic E-state index is 11.2. The molecule has 7 rings (SSSR count). The molecule has 28 atom stereocenters. The van der Waals surface area contributed by atoms with Crippen molar-refractivity contribution in [3.8, 4) is 0 Å². The Morgan fingerprint density at radius 2 is 1.21 bits per heavy atom. The van der Waals surface area contributed by atoms with E-state index in [4.69, 9.17) is 65.8 Å². The lowest BCUT2D eigenvalue weighted by Crippen LogP contribution is -2.68. The molecule has 0 bridgehead atoms. The molecule has 6 aliphatic rings. The SMILES string of the molecule is CC1O[C@H](O[C@@H]2C(CO)O[C@H](O[C@@H]3C(CO)O[C@@H](OCc4cn(C[C@H]5O[C@@](CCl)(O[C@H]6O[C@H](CO)[C@H](Cl)[C@H](O)[C@H]6O)[C@@H](O)[C@@H]5O)nn4)C(O)C3O)C(O)C2O)C(O)C(O)[C@@H]1N[C@H]1C=C(CO)[C@@H](O)[C@H](O)[C@H]1O. The third-order valence-corrected chi connectivity index (χ3v) is 14.5. The van der Waals surface area contributed by atoms with Crippen LogP contribution in [0.2, 0.25) is 0 Å². The summed E-state index contributed by atoms with van der Waals surface area (Å²) < 4.78 is 52.5. The highest BCUT2D eigenvalue weighted by Crippen LogP contribution is 2.39. The Bertz CT molecular complexity index is 1920. The minimum Gasteiger partial charge on any atom is -0.394 e. The molecule has 1 aromatic heterocycles. The van der Waals surface area contributed by atoms with Gasteiger partial charge in [-0.1, -0.05) is 11.3 Å². The van der Waals surface area contributed by atoms with E-state index in [1.165, 1.54) is 23.9 Å². The van der Waals surface area contributed by atoms with E-state index in [-0.39, 0.29) is 17.8 Å². The van der Waals surface area contributed by atoms with Crippen LogP contribution in [-0.4, -0.2) is 305 Å². The van der Waals surface area contributed by atoms with Crippen molar-refractivity contribution in [1.29, 1.82) is 0 Å². The highest BCUT2D eigenvalue weighted by molar-refractivity contribution is 6.21. The van der Waals surface area contributed by atoms with Gasteiger partial charge in [-0.2, -0.15) is 0 Å². The van der Waals surface area contributed by atoms with Crippen LogP contribution in [0.1, 0.15) is 12.6 Å². The van der Waals surface area contributed by atoms with Gasteiger partial charge in [-0.05, 0) is 12.5 Å². The van der Waals surface area contributed by atoms with E-state index in [0.717, 1.165) is 0 Å². The number of nitrogens with zero attached hydrogens (tertiary/aromatic N) is 3. The molecule has 32 heteroatoms.